The molecule has 7 rings (SSSR count). The van der Waals surface area contributed by atoms with Crippen molar-refractivity contribution in [3.05, 3.63) is 82.0 Å². The molecule has 2 aliphatic heterocycles. The van der Waals surface area contributed by atoms with Gasteiger partial charge in [-0.15, -0.1) is 0 Å². The molecule has 1 aliphatic carbocycles. The quantitative estimate of drug-likeness (QED) is 0.172. The van der Waals surface area contributed by atoms with E-state index >= 15 is 0 Å². The van der Waals surface area contributed by atoms with E-state index in [1.807, 2.05) is 48.5 Å². The van der Waals surface area contributed by atoms with Crippen LogP contribution in [-0.2, 0) is 17.9 Å². The number of aromatic nitrogens is 2. The Morgan fingerprint density at radius 1 is 0.959 bits per heavy atom. The smallest absolute Gasteiger partial charge is 0.220 e. The van der Waals surface area contributed by atoms with E-state index in [2.05, 4.69) is 26.6 Å². The van der Waals surface area contributed by atoms with E-state index in [1.54, 1.807) is 20.4 Å². The van der Waals surface area contributed by atoms with Crippen LogP contribution in [0.25, 0.3) is 33.6 Å². The molecule has 2 aromatic heterocycles. The van der Waals surface area contributed by atoms with Crippen LogP contribution >= 0.6 is 23.2 Å². The zero-order valence-corrected chi connectivity index (χ0v) is 29.3. The highest BCUT2D eigenvalue weighted by atomic mass is 35.5. The Morgan fingerprint density at radius 2 is 1.71 bits per heavy atom. The van der Waals surface area contributed by atoms with Crippen LogP contribution in [0.2, 0.25) is 10.0 Å². The minimum absolute atomic E-state index is 0.0740. The van der Waals surface area contributed by atoms with Gasteiger partial charge >= 0.3 is 0 Å². The maximum Gasteiger partial charge on any atom is 0.220 e. The summed E-state index contributed by atoms with van der Waals surface area (Å²) in [7, 11) is 3.30. The molecule has 1 saturated carbocycles. The summed E-state index contributed by atoms with van der Waals surface area (Å²) in [5.41, 5.74) is 6.58. The second-order valence-electron chi connectivity index (χ2n) is 13.6. The summed E-state index contributed by atoms with van der Waals surface area (Å²) in [6, 6.07) is 18.1. The lowest BCUT2D eigenvalue weighted by atomic mass is 9.79. The molecule has 2 saturated heterocycles. The first-order valence-corrected chi connectivity index (χ1v) is 17.6. The number of nitrogens with one attached hydrogen (secondary N) is 2. The monoisotopic (exact) mass is 701 g/mol. The zero-order chi connectivity index (χ0) is 34.1. The molecular formula is C38H41Cl2N5O4. The number of methoxy groups -OCH3 is 2. The van der Waals surface area contributed by atoms with E-state index in [0.717, 1.165) is 91.0 Å². The number of rotatable bonds is 10. The molecule has 9 nitrogen and oxygen atoms in total. The standard InChI is InChI=1S/C38H41Cl2N5O4/c1-48-32-16-23(6-7-25(32)19-45-21-38(22-45)17-33(47)43-20-38)36-35(40)29(14-15-41-36)28-4-3-5-30(34(28)39)31-13-8-24(37(44-31)49-2)18-42-26-9-11-27(46)12-10-26/h3-8,13-16,26-27,42,46H,9-12,17-22H2,1-2H3,(H,43,47)/t26-,27+. The number of benzene rings is 2. The van der Waals surface area contributed by atoms with Crippen LogP contribution < -0.4 is 20.1 Å². The third-order valence-corrected chi connectivity index (χ3v) is 10.9. The predicted molar refractivity (Wildman–Crippen MR) is 192 cm³/mol. The number of carbonyl (C=O) groups excluding carboxylic acids is 1. The average molecular weight is 703 g/mol. The van der Waals surface area contributed by atoms with Crippen molar-refractivity contribution in [2.45, 2.75) is 57.3 Å². The lowest BCUT2D eigenvalue weighted by molar-refractivity contribution is -0.120. The Balaban J connectivity index is 1.10. The summed E-state index contributed by atoms with van der Waals surface area (Å²) in [5.74, 6) is 1.45. The average Bonchev–Trinajstić information content (AvgIpc) is 3.50. The van der Waals surface area contributed by atoms with Crippen LogP contribution in [0.15, 0.2) is 60.8 Å². The van der Waals surface area contributed by atoms with E-state index in [4.69, 9.17) is 37.7 Å². The summed E-state index contributed by atoms with van der Waals surface area (Å²) in [5, 5.41) is 17.4. The van der Waals surface area contributed by atoms with Gasteiger partial charge in [-0.05, 0) is 43.9 Å². The van der Waals surface area contributed by atoms with Crippen LogP contribution in [0.4, 0.5) is 0 Å². The Labute approximate surface area is 297 Å². The first-order chi connectivity index (χ1) is 23.8. The Kier molecular flexibility index (Phi) is 9.81. The van der Waals surface area contributed by atoms with Crippen LogP contribution in [-0.4, -0.2) is 71.9 Å². The van der Waals surface area contributed by atoms with E-state index in [1.165, 1.54) is 0 Å². The molecule has 2 aromatic carbocycles. The molecule has 3 N–H and O–H groups in total. The van der Waals surface area contributed by atoms with Gasteiger partial charge in [-0.2, -0.15) is 0 Å². The van der Waals surface area contributed by atoms with Gasteiger partial charge in [0, 0.05) is 90.2 Å². The number of aliphatic hydroxyl groups excluding tert-OH is 1. The zero-order valence-electron chi connectivity index (χ0n) is 27.8. The number of pyridine rings is 2. The SMILES string of the molecule is COc1cc(-c2nccc(-c3cccc(-c4ccc(CN[C@H]5CC[C@@H](O)CC5)c(OC)n4)c3Cl)c2Cl)ccc1CN1CC2(CNC(=O)C2)C1. The number of halogens is 2. The first kappa shape index (κ1) is 33.8. The largest absolute Gasteiger partial charge is 0.496 e. The normalized spacial score (nSPS) is 20.2. The molecule has 3 fully saturated rings. The molecule has 4 heterocycles. The van der Waals surface area contributed by atoms with Gasteiger partial charge in [-0.25, -0.2) is 4.98 Å². The maximum atomic E-state index is 11.7. The number of hydrogen-bond donors (Lipinski definition) is 3. The Hall–Kier alpha value is -3.73. The number of amides is 1. The van der Waals surface area contributed by atoms with Crippen LogP contribution in [0.5, 0.6) is 11.6 Å². The van der Waals surface area contributed by atoms with E-state index in [9.17, 15) is 9.90 Å². The summed E-state index contributed by atoms with van der Waals surface area (Å²) < 4.78 is 11.5. The molecule has 0 bridgehead atoms. The van der Waals surface area contributed by atoms with Gasteiger partial charge in [-0.1, -0.05) is 59.6 Å². The molecule has 0 unspecified atom stereocenters. The predicted octanol–water partition coefficient (Wildman–Crippen LogP) is 6.52. The molecular weight excluding hydrogens is 661 g/mol. The summed E-state index contributed by atoms with van der Waals surface area (Å²) in [4.78, 5) is 23.6. The second kappa shape index (κ2) is 14.2. The summed E-state index contributed by atoms with van der Waals surface area (Å²) in [6.07, 6.45) is 5.73. The fourth-order valence-electron chi connectivity index (χ4n) is 7.51. The topological polar surface area (TPSA) is 109 Å². The van der Waals surface area contributed by atoms with Crippen molar-refractivity contribution in [2.24, 2.45) is 5.41 Å². The van der Waals surface area contributed by atoms with Gasteiger partial charge in [0.05, 0.1) is 41.8 Å². The summed E-state index contributed by atoms with van der Waals surface area (Å²) >= 11 is 14.2. The number of nitrogens with zero attached hydrogens (tertiary/aromatic N) is 3. The van der Waals surface area contributed by atoms with Gasteiger partial charge < -0.3 is 25.2 Å². The first-order valence-electron chi connectivity index (χ1n) is 16.8. The van der Waals surface area contributed by atoms with Gasteiger partial charge in [0.2, 0.25) is 11.8 Å². The number of ether oxygens (including phenoxy) is 2. The number of hydrogen-bond acceptors (Lipinski definition) is 8. The third kappa shape index (κ3) is 7.00. The van der Waals surface area contributed by atoms with Crippen LogP contribution in [0, 0.1) is 5.41 Å². The molecule has 3 aliphatic rings. The van der Waals surface area contributed by atoms with Crippen molar-refractivity contribution in [2.75, 3.05) is 33.9 Å². The Bertz CT molecular complexity index is 1860. The fraction of sp³-hybridized carbons (Fsp3) is 0.395. The lowest BCUT2D eigenvalue weighted by Gasteiger charge is -2.47. The molecule has 256 valence electrons. The molecule has 4 aromatic rings. The highest BCUT2D eigenvalue weighted by Gasteiger charge is 2.47. The molecule has 0 atom stereocenters. The van der Waals surface area contributed by atoms with Crippen molar-refractivity contribution < 1.29 is 19.4 Å². The molecule has 11 heteroatoms. The van der Waals surface area contributed by atoms with Crippen molar-refractivity contribution in [1.29, 1.82) is 0 Å². The van der Waals surface area contributed by atoms with Crippen LogP contribution in [0.1, 0.15) is 43.2 Å². The van der Waals surface area contributed by atoms with E-state index in [0.29, 0.717) is 46.3 Å². The highest BCUT2D eigenvalue weighted by molar-refractivity contribution is 6.39. The molecule has 1 amide bonds. The van der Waals surface area contributed by atoms with Crippen LogP contribution in [0.3, 0.4) is 0 Å². The highest BCUT2D eigenvalue weighted by Crippen LogP contribution is 2.43. The molecule has 1 spiro atoms. The van der Waals surface area contributed by atoms with E-state index < -0.39 is 0 Å². The second-order valence-corrected chi connectivity index (χ2v) is 14.3. The number of likely N-dealkylation sites (tertiary alicyclic amines) is 1. The minimum atomic E-state index is -0.184. The number of aliphatic hydroxyl groups is 1. The lowest BCUT2D eigenvalue weighted by Crippen LogP contribution is -2.56. The van der Waals surface area contributed by atoms with Gasteiger partial charge in [0.15, 0.2) is 0 Å². The van der Waals surface area contributed by atoms with Crippen molar-refractivity contribution in [1.82, 2.24) is 25.5 Å². The fourth-order valence-corrected chi connectivity index (χ4v) is 8.16. The van der Waals surface area contributed by atoms with Gasteiger partial charge in [0.25, 0.3) is 0 Å². The molecule has 0 radical (unpaired) electrons. The molecule has 49 heavy (non-hydrogen) atoms. The van der Waals surface area contributed by atoms with Crippen molar-refractivity contribution >= 4 is 29.1 Å². The number of carbonyl (C=O) groups is 1. The van der Waals surface area contributed by atoms with Gasteiger partial charge in [0.1, 0.15) is 5.75 Å². The minimum Gasteiger partial charge on any atom is -0.496 e. The van der Waals surface area contributed by atoms with Crippen molar-refractivity contribution in [3.63, 3.8) is 0 Å². The maximum absolute atomic E-state index is 11.7. The third-order valence-electron chi connectivity index (χ3n) is 10.1. The van der Waals surface area contributed by atoms with E-state index in [-0.39, 0.29) is 17.4 Å². The Morgan fingerprint density at radius 3 is 2.45 bits per heavy atom. The van der Waals surface area contributed by atoms with Crippen molar-refractivity contribution in [3.8, 4) is 45.3 Å². The van der Waals surface area contributed by atoms with Gasteiger partial charge in [-0.3, -0.25) is 14.7 Å². The summed E-state index contributed by atoms with van der Waals surface area (Å²) in [6.45, 7) is 3.91.